The summed E-state index contributed by atoms with van der Waals surface area (Å²) >= 11 is 0. The van der Waals surface area contributed by atoms with Crippen LogP contribution in [0.1, 0.15) is 39.5 Å². The second-order valence-electron chi connectivity index (χ2n) is 5.90. The molecule has 1 N–H and O–H groups in total. The van der Waals surface area contributed by atoms with Gasteiger partial charge in [-0.2, -0.15) is 0 Å². The number of nitrogens with one attached hydrogen (secondary N) is 1. The van der Waals surface area contributed by atoms with Gasteiger partial charge in [0.25, 0.3) is 0 Å². The van der Waals surface area contributed by atoms with Gasteiger partial charge in [0.2, 0.25) is 0 Å². The van der Waals surface area contributed by atoms with Crippen LogP contribution in [0.2, 0.25) is 0 Å². The third kappa shape index (κ3) is 4.71. The van der Waals surface area contributed by atoms with E-state index in [9.17, 15) is 0 Å². The number of hydrogen-bond donors (Lipinski definition) is 1. The third-order valence-corrected chi connectivity index (χ3v) is 4.00. The van der Waals surface area contributed by atoms with Crippen LogP contribution in [0, 0.1) is 0 Å². The third-order valence-electron chi connectivity index (χ3n) is 4.00. The monoisotopic (exact) mass is 252 g/mol. The summed E-state index contributed by atoms with van der Waals surface area (Å²) in [5.41, 5.74) is 1.42. The van der Waals surface area contributed by atoms with E-state index in [1.54, 1.807) is 0 Å². The highest BCUT2D eigenvalue weighted by Gasteiger charge is 2.20. The normalized spacial score (nSPS) is 26.4. The number of piperidine rings is 1. The standard InChI is InChI=1S/C15H28N2O/c1-13(2)5-8-17-9-6-14(7-10-17)16-12-15-4-3-11-18-15/h5,14-16H,3-4,6-12H2,1-2H3. The maximum atomic E-state index is 5.65. The molecule has 3 nitrogen and oxygen atoms in total. The molecule has 2 rings (SSSR count). The van der Waals surface area contributed by atoms with Crippen molar-refractivity contribution in [2.24, 2.45) is 0 Å². The molecule has 0 saturated carbocycles. The quantitative estimate of drug-likeness (QED) is 0.759. The van der Waals surface area contributed by atoms with Crippen LogP contribution >= 0.6 is 0 Å². The maximum Gasteiger partial charge on any atom is 0.0700 e. The highest BCUT2D eigenvalue weighted by Crippen LogP contribution is 2.14. The molecule has 1 atom stereocenters. The first kappa shape index (κ1) is 14.0. The number of likely N-dealkylation sites (tertiary alicyclic amines) is 1. The molecule has 0 spiro atoms. The van der Waals surface area contributed by atoms with Gasteiger partial charge in [0.1, 0.15) is 0 Å². The van der Waals surface area contributed by atoms with Gasteiger partial charge in [0.05, 0.1) is 6.10 Å². The molecule has 2 heterocycles. The fourth-order valence-corrected chi connectivity index (χ4v) is 2.73. The largest absolute Gasteiger partial charge is 0.377 e. The van der Waals surface area contributed by atoms with E-state index in [0.29, 0.717) is 12.1 Å². The van der Waals surface area contributed by atoms with E-state index in [2.05, 4.69) is 30.1 Å². The molecule has 0 aliphatic carbocycles. The Labute approximate surface area is 112 Å². The zero-order valence-electron chi connectivity index (χ0n) is 12.0. The molecule has 0 radical (unpaired) electrons. The average molecular weight is 252 g/mol. The molecule has 0 bridgehead atoms. The molecule has 2 aliphatic heterocycles. The molecule has 0 aromatic heterocycles. The number of hydrogen-bond acceptors (Lipinski definition) is 3. The van der Waals surface area contributed by atoms with E-state index in [1.807, 2.05) is 0 Å². The van der Waals surface area contributed by atoms with Gasteiger partial charge in [-0.3, -0.25) is 4.90 Å². The van der Waals surface area contributed by atoms with E-state index in [4.69, 9.17) is 4.74 Å². The van der Waals surface area contributed by atoms with Crippen molar-refractivity contribution in [3.63, 3.8) is 0 Å². The number of rotatable bonds is 5. The van der Waals surface area contributed by atoms with Gasteiger partial charge in [-0.05, 0) is 52.6 Å². The lowest BCUT2D eigenvalue weighted by Gasteiger charge is -2.32. The number of allylic oxidation sites excluding steroid dienone is 1. The van der Waals surface area contributed by atoms with Crippen molar-refractivity contribution < 1.29 is 4.74 Å². The minimum atomic E-state index is 0.480. The second-order valence-corrected chi connectivity index (χ2v) is 5.90. The van der Waals surface area contributed by atoms with Gasteiger partial charge in [-0.1, -0.05) is 11.6 Å². The molecular formula is C15H28N2O. The number of nitrogens with zero attached hydrogens (tertiary/aromatic N) is 1. The van der Waals surface area contributed by atoms with Gasteiger partial charge in [0, 0.05) is 25.7 Å². The van der Waals surface area contributed by atoms with Crippen molar-refractivity contribution in [1.82, 2.24) is 10.2 Å². The van der Waals surface area contributed by atoms with Crippen molar-refractivity contribution in [3.8, 4) is 0 Å². The van der Waals surface area contributed by atoms with Gasteiger partial charge in [0.15, 0.2) is 0 Å². The molecule has 104 valence electrons. The Hall–Kier alpha value is -0.380. The van der Waals surface area contributed by atoms with Crippen LogP contribution in [0.3, 0.4) is 0 Å². The Kier molecular flexibility index (Phi) is 5.67. The van der Waals surface area contributed by atoms with Gasteiger partial charge in [-0.15, -0.1) is 0 Å². The molecule has 0 aromatic rings. The minimum Gasteiger partial charge on any atom is -0.377 e. The zero-order valence-corrected chi connectivity index (χ0v) is 12.0. The summed E-state index contributed by atoms with van der Waals surface area (Å²) in [5.74, 6) is 0. The predicted molar refractivity (Wildman–Crippen MR) is 75.9 cm³/mol. The summed E-state index contributed by atoms with van der Waals surface area (Å²) in [7, 11) is 0. The lowest BCUT2D eigenvalue weighted by Crippen LogP contribution is -2.44. The maximum absolute atomic E-state index is 5.65. The van der Waals surface area contributed by atoms with Crippen LogP contribution in [-0.2, 0) is 4.74 Å². The molecular weight excluding hydrogens is 224 g/mol. The summed E-state index contributed by atoms with van der Waals surface area (Å²) in [4.78, 5) is 2.55. The summed E-state index contributed by atoms with van der Waals surface area (Å²) < 4.78 is 5.65. The van der Waals surface area contributed by atoms with E-state index < -0.39 is 0 Å². The first-order valence-electron chi connectivity index (χ1n) is 7.45. The summed E-state index contributed by atoms with van der Waals surface area (Å²) in [5, 5.41) is 3.68. The van der Waals surface area contributed by atoms with Crippen molar-refractivity contribution >= 4 is 0 Å². The Bertz CT molecular complexity index is 260. The second kappa shape index (κ2) is 7.27. The Balaban J connectivity index is 1.59. The van der Waals surface area contributed by atoms with Crippen LogP contribution in [0.25, 0.3) is 0 Å². The fourth-order valence-electron chi connectivity index (χ4n) is 2.73. The van der Waals surface area contributed by atoms with Crippen molar-refractivity contribution in [3.05, 3.63) is 11.6 Å². The van der Waals surface area contributed by atoms with Crippen LogP contribution in [0.5, 0.6) is 0 Å². The van der Waals surface area contributed by atoms with Gasteiger partial charge >= 0.3 is 0 Å². The lowest BCUT2D eigenvalue weighted by atomic mass is 10.0. The predicted octanol–water partition coefficient (Wildman–Crippen LogP) is 2.19. The molecule has 18 heavy (non-hydrogen) atoms. The van der Waals surface area contributed by atoms with E-state index in [0.717, 1.165) is 19.7 Å². The SMILES string of the molecule is CC(C)=CCN1CCC(NCC2CCCO2)CC1. The van der Waals surface area contributed by atoms with Crippen molar-refractivity contribution in [2.45, 2.75) is 51.7 Å². The van der Waals surface area contributed by atoms with Gasteiger partial charge in [-0.25, -0.2) is 0 Å². The molecule has 3 heteroatoms. The highest BCUT2D eigenvalue weighted by molar-refractivity contribution is 4.95. The molecule has 2 saturated heterocycles. The zero-order chi connectivity index (χ0) is 12.8. The molecule has 1 unspecified atom stereocenters. The van der Waals surface area contributed by atoms with E-state index >= 15 is 0 Å². The van der Waals surface area contributed by atoms with Crippen molar-refractivity contribution in [2.75, 3.05) is 32.8 Å². The Morgan fingerprint density at radius 1 is 1.28 bits per heavy atom. The first-order valence-corrected chi connectivity index (χ1v) is 7.45. The summed E-state index contributed by atoms with van der Waals surface area (Å²) in [6.45, 7) is 9.96. The van der Waals surface area contributed by atoms with Crippen LogP contribution < -0.4 is 5.32 Å². The van der Waals surface area contributed by atoms with Crippen molar-refractivity contribution in [1.29, 1.82) is 0 Å². The fraction of sp³-hybridized carbons (Fsp3) is 0.867. The van der Waals surface area contributed by atoms with Crippen LogP contribution in [0.15, 0.2) is 11.6 Å². The van der Waals surface area contributed by atoms with Crippen LogP contribution in [0.4, 0.5) is 0 Å². The molecule has 0 aromatic carbocycles. The van der Waals surface area contributed by atoms with Crippen LogP contribution in [-0.4, -0.2) is 49.8 Å². The average Bonchev–Trinajstić information content (AvgIpc) is 2.88. The minimum absolute atomic E-state index is 0.480. The summed E-state index contributed by atoms with van der Waals surface area (Å²) in [6, 6.07) is 0.706. The first-order chi connectivity index (χ1) is 8.74. The number of ether oxygens (including phenoxy) is 1. The van der Waals surface area contributed by atoms with E-state index in [-0.39, 0.29) is 0 Å². The summed E-state index contributed by atoms with van der Waals surface area (Å²) in [6.07, 6.45) is 7.86. The topological polar surface area (TPSA) is 24.5 Å². The highest BCUT2D eigenvalue weighted by atomic mass is 16.5. The smallest absolute Gasteiger partial charge is 0.0700 e. The van der Waals surface area contributed by atoms with E-state index in [1.165, 1.54) is 44.3 Å². The Morgan fingerprint density at radius 3 is 2.67 bits per heavy atom. The molecule has 2 aliphatic rings. The van der Waals surface area contributed by atoms with Gasteiger partial charge < -0.3 is 10.1 Å². The molecule has 2 fully saturated rings. The lowest BCUT2D eigenvalue weighted by molar-refractivity contribution is 0.103. The Morgan fingerprint density at radius 2 is 2.06 bits per heavy atom. The molecule has 0 amide bonds.